The molecule has 0 aromatic carbocycles. The van der Waals surface area contributed by atoms with E-state index in [0.29, 0.717) is 0 Å². The third kappa shape index (κ3) is 3.91. The van der Waals surface area contributed by atoms with Gasteiger partial charge in [-0.2, -0.15) is 18.2 Å². The number of carbonyl (C=O) groups excluding carboxylic acids is 1. The van der Waals surface area contributed by atoms with Gasteiger partial charge in [0, 0.05) is 0 Å². The molecule has 6 nitrogen and oxygen atoms in total. The van der Waals surface area contributed by atoms with Gasteiger partial charge in [-0.15, -0.1) is 0 Å². The maximum absolute atomic E-state index is 12.0. The van der Waals surface area contributed by atoms with Crippen LogP contribution in [0.25, 0.3) is 0 Å². The minimum Gasteiger partial charge on any atom is -0.461 e. The molecule has 1 rings (SSSR count). The van der Waals surface area contributed by atoms with E-state index in [1.807, 2.05) is 0 Å². The minimum atomic E-state index is -4.73. The fourth-order valence-corrected chi connectivity index (χ4v) is 0.953. The number of ether oxygens (including phenoxy) is 1. The first-order valence-corrected chi connectivity index (χ1v) is 4.96. The van der Waals surface area contributed by atoms with Gasteiger partial charge in [0.15, 0.2) is 11.8 Å². The van der Waals surface area contributed by atoms with Crippen LogP contribution in [0.2, 0.25) is 0 Å². The predicted octanol–water partition coefficient (Wildman–Crippen LogP) is 1.19. The Labute approximate surface area is 99.8 Å². The zero-order chi connectivity index (χ0) is 13.8. The van der Waals surface area contributed by atoms with Gasteiger partial charge >= 0.3 is 12.1 Å². The quantitative estimate of drug-likeness (QED) is 0.780. The Morgan fingerprint density at radius 3 is 2.89 bits per heavy atom. The highest BCUT2D eigenvalue weighted by Crippen LogP contribution is 2.20. The van der Waals surface area contributed by atoms with Crippen molar-refractivity contribution >= 4 is 12.0 Å². The van der Waals surface area contributed by atoms with Crippen LogP contribution in [-0.4, -0.2) is 41.5 Å². The van der Waals surface area contributed by atoms with E-state index in [1.165, 1.54) is 0 Å². The molecule has 0 aliphatic heterocycles. The van der Waals surface area contributed by atoms with Gasteiger partial charge in [0.05, 0.1) is 13.2 Å². The lowest BCUT2D eigenvalue weighted by Crippen LogP contribution is -2.35. The van der Waals surface area contributed by atoms with Gasteiger partial charge in [0.25, 0.3) is 6.01 Å². The van der Waals surface area contributed by atoms with Crippen LogP contribution in [0.4, 0.5) is 19.2 Å². The van der Waals surface area contributed by atoms with Crippen molar-refractivity contribution < 1.29 is 32.2 Å². The summed E-state index contributed by atoms with van der Waals surface area (Å²) in [6, 6.07) is -0.304. The van der Waals surface area contributed by atoms with E-state index in [0.717, 1.165) is 6.26 Å². The van der Waals surface area contributed by atoms with Crippen LogP contribution in [0.5, 0.6) is 0 Å². The molecule has 1 heterocycles. The number of aliphatic hydroxyl groups excluding tert-OH is 1. The first-order valence-electron chi connectivity index (χ1n) is 4.96. The van der Waals surface area contributed by atoms with Crippen LogP contribution in [0.15, 0.2) is 10.7 Å². The predicted molar refractivity (Wildman–Crippen MR) is 53.0 cm³/mol. The summed E-state index contributed by atoms with van der Waals surface area (Å²) in [6.45, 7) is 0.907. The van der Waals surface area contributed by atoms with Gasteiger partial charge in [-0.05, 0) is 6.92 Å². The smallest absolute Gasteiger partial charge is 0.416 e. The van der Waals surface area contributed by atoms with Crippen molar-refractivity contribution in [1.82, 2.24) is 4.98 Å². The van der Waals surface area contributed by atoms with E-state index in [4.69, 9.17) is 9.52 Å². The Morgan fingerprint density at radius 1 is 1.67 bits per heavy atom. The number of nitrogens with zero attached hydrogens (tertiary/aromatic N) is 1. The summed E-state index contributed by atoms with van der Waals surface area (Å²) in [5, 5.41) is 10.8. The molecule has 0 radical (unpaired) electrons. The number of oxazole rings is 1. The normalized spacial score (nSPS) is 13.2. The van der Waals surface area contributed by atoms with Gasteiger partial charge < -0.3 is 19.6 Å². The number of aromatic nitrogens is 1. The molecule has 18 heavy (non-hydrogen) atoms. The summed E-state index contributed by atoms with van der Waals surface area (Å²) in [7, 11) is 0. The topological polar surface area (TPSA) is 84.6 Å². The van der Waals surface area contributed by atoms with Crippen molar-refractivity contribution in [3.05, 3.63) is 12.0 Å². The summed E-state index contributed by atoms with van der Waals surface area (Å²) in [5.74, 6) is -0.745. The van der Waals surface area contributed by atoms with Crippen molar-refractivity contribution in [2.24, 2.45) is 0 Å². The number of aliphatic hydroxyl groups is 1. The Morgan fingerprint density at radius 2 is 2.33 bits per heavy atom. The third-order valence-corrected chi connectivity index (χ3v) is 1.81. The van der Waals surface area contributed by atoms with Crippen molar-refractivity contribution in [2.75, 3.05) is 18.5 Å². The molecule has 0 bridgehead atoms. The number of anilines is 1. The molecule has 0 spiro atoms. The Hall–Kier alpha value is -1.77. The van der Waals surface area contributed by atoms with E-state index in [9.17, 15) is 18.0 Å². The van der Waals surface area contributed by atoms with Crippen LogP contribution in [0, 0.1) is 0 Å². The van der Waals surface area contributed by atoms with Crippen molar-refractivity contribution in [3.63, 3.8) is 0 Å². The average molecular weight is 268 g/mol. The maximum atomic E-state index is 12.0. The second-order valence-electron chi connectivity index (χ2n) is 3.20. The molecule has 1 atom stereocenters. The molecule has 1 aromatic heterocycles. The summed E-state index contributed by atoms with van der Waals surface area (Å²) in [6.07, 6.45) is -6.33. The molecule has 102 valence electrons. The zero-order valence-electron chi connectivity index (χ0n) is 9.32. The number of halogens is 3. The molecular formula is C9H11F3N2O4. The molecule has 0 aliphatic rings. The SMILES string of the molecule is CCOC(=O)c1coc(NCC(O)C(F)(F)F)n1. The number of hydrogen-bond donors (Lipinski definition) is 2. The molecule has 1 aromatic rings. The Balaban J connectivity index is 2.52. The second-order valence-corrected chi connectivity index (χ2v) is 3.20. The first-order chi connectivity index (χ1) is 8.34. The molecule has 2 N–H and O–H groups in total. The molecule has 0 aliphatic carbocycles. The number of esters is 1. The van der Waals surface area contributed by atoms with Crippen molar-refractivity contribution in [2.45, 2.75) is 19.2 Å². The highest BCUT2D eigenvalue weighted by Gasteiger charge is 2.38. The highest BCUT2D eigenvalue weighted by atomic mass is 19.4. The molecule has 9 heteroatoms. The molecule has 1 unspecified atom stereocenters. The van der Waals surface area contributed by atoms with Crippen LogP contribution in [0.1, 0.15) is 17.4 Å². The lowest BCUT2D eigenvalue weighted by atomic mass is 10.3. The fraction of sp³-hybridized carbons (Fsp3) is 0.556. The number of carbonyl (C=O) groups is 1. The number of nitrogens with one attached hydrogen (secondary N) is 1. The third-order valence-electron chi connectivity index (χ3n) is 1.81. The van der Waals surface area contributed by atoms with Crippen LogP contribution < -0.4 is 5.32 Å². The maximum Gasteiger partial charge on any atom is 0.416 e. The lowest BCUT2D eigenvalue weighted by molar-refractivity contribution is -0.198. The van der Waals surface area contributed by atoms with Gasteiger partial charge in [-0.3, -0.25) is 0 Å². The van der Waals surface area contributed by atoms with Gasteiger partial charge in [0.1, 0.15) is 6.26 Å². The van der Waals surface area contributed by atoms with E-state index in [-0.39, 0.29) is 18.3 Å². The van der Waals surface area contributed by atoms with Gasteiger partial charge in [-0.25, -0.2) is 4.79 Å². The summed E-state index contributed by atoms with van der Waals surface area (Å²) < 4.78 is 45.2. The van der Waals surface area contributed by atoms with Crippen molar-refractivity contribution in [1.29, 1.82) is 0 Å². The largest absolute Gasteiger partial charge is 0.461 e. The standard InChI is InChI=1S/C9H11F3N2O4/c1-2-17-7(16)5-4-18-8(14-5)13-3-6(15)9(10,11)12/h4,6,15H,2-3H2,1H3,(H,13,14). The van der Waals surface area contributed by atoms with Crippen molar-refractivity contribution in [3.8, 4) is 0 Å². The van der Waals surface area contributed by atoms with E-state index in [2.05, 4.69) is 15.0 Å². The summed E-state index contributed by atoms with van der Waals surface area (Å²) >= 11 is 0. The molecular weight excluding hydrogens is 257 g/mol. The minimum absolute atomic E-state index is 0.140. The summed E-state index contributed by atoms with van der Waals surface area (Å²) in [4.78, 5) is 14.7. The molecule has 0 saturated heterocycles. The van der Waals surface area contributed by atoms with E-state index >= 15 is 0 Å². The van der Waals surface area contributed by atoms with Crippen LogP contribution >= 0.6 is 0 Å². The van der Waals surface area contributed by atoms with Gasteiger partial charge in [-0.1, -0.05) is 0 Å². The van der Waals surface area contributed by atoms with E-state index in [1.54, 1.807) is 6.92 Å². The highest BCUT2D eigenvalue weighted by molar-refractivity contribution is 5.87. The monoisotopic (exact) mass is 268 g/mol. The first kappa shape index (κ1) is 14.3. The van der Waals surface area contributed by atoms with Crippen LogP contribution in [0.3, 0.4) is 0 Å². The number of rotatable bonds is 5. The fourth-order valence-electron chi connectivity index (χ4n) is 0.953. The second kappa shape index (κ2) is 5.71. The Bertz CT molecular complexity index is 405. The summed E-state index contributed by atoms with van der Waals surface area (Å²) in [5.41, 5.74) is -0.166. The molecule has 0 saturated carbocycles. The zero-order valence-corrected chi connectivity index (χ0v) is 9.32. The van der Waals surface area contributed by atoms with Gasteiger partial charge in [0.2, 0.25) is 0 Å². The van der Waals surface area contributed by atoms with E-state index < -0.39 is 24.8 Å². The molecule has 0 fully saturated rings. The Kier molecular flexibility index (Phi) is 4.54. The average Bonchev–Trinajstić information content (AvgIpc) is 2.73. The van der Waals surface area contributed by atoms with Crippen LogP contribution in [-0.2, 0) is 4.74 Å². The lowest BCUT2D eigenvalue weighted by Gasteiger charge is -2.13. The molecule has 0 amide bonds. The number of alkyl halides is 3. The number of hydrogen-bond acceptors (Lipinski definition) is 6.